The normalized spacial score (nSPS) is 17.4. The van der Waals surface area contributed by atoms with Gasteiger partial charge in [0.1, 0.15) is 5.75 Å². The molecule has 0 aliphatic heterocycles. The van der Waals surface area contributed by atoms with Gasteiger partial charge in [0.25, 0.3) is 0 Å². The number of hydrogen-bond donors (Lipinski definition) is 1. The summed E-state index contributed by atoms with van der Waals surface area (Å²) in [4.78, 5) is 14.3. The van der Waals surface area contributed by atoms with Crippen LogP contribution in [0.15, 0.2) is 24.3 Å². The number of hydrogen-bond acceptors (Lipinski definition) is 2. The Labute approximate surface area is 133 Å². The van der Waals surface area contributed by atoms with Crippen molar-refractivity contribution in [3.63, 3.8) is 0 Å². The Balaban J connectivity index is 1.99. The molecule has 1 atom stereocenters. The first-order valence-corrected chi connectivity index (χ1v) is 8.29. The van der Waals surface area contributed by atoms with Gasteiger partial charge in [-0.2, -0.15) is 0 Å². The van der Waals surface area contributed by atoms with Crippen LogP contribution in [0.3, 0.4) is 0 Å². The van der Waals surface area contributed by atoms with Crippen LogP contribution in [0.2, 0.25) is 0 Å². The van der Waals surface area contributed by atoms with Crippen LogP contribution in [0.1, 0.15) is 57.1 Å². The van der Waals surface area contributed by atoms with Crippen LogP contribution in [-0.4, -0.2) is 31.1 Å². The van der Waals surface area contributed by atoms with Crippen LogP contribution in [0.25, 0.3) is 0 Å². The third kappa shape index (κ3) is 4.15. The number of carbonyl (C=O) groups is 1. The van der Waals surface area contributed by atoms with Crippen molar-refractivity contribution in [2.24, 2.45) is 0 Å². The fourth-order valence-electron chi connectivity index (χ4n) is 3.10. The van der Waals surface area contributed by atoms with Crippen molar-refractivity contribution < 1.29 is 9.53 Å². The molecule has 1 N–H and O–H groups in total. The monoisotopic (exact) mass is 304 g/mol. The number of urea groups is 1. The molecule has 1 aliphatic rings. The Morgan fingerprint density at radius 2 is 1.86 bits per heavy atom. The molecule has 0 saturated heterocycles. The summed E-state index contributed by atoms with van der Waals surface area (Å²) in [6.07, 6.45) is 7.22. The van der Waals surface area contributed by atoms with Gasteiger partial charge in [-0.3, -0.25) is 0 Å². The molecule has 2 amide bonds. The second-order valence-corrected chi connectivity index (χ2v) is 6.17. The van der Waals surface area contributed by atoms with E-state index in [4.69, 9.17) is 4.74 Å². The van der Waals surface area contributed by atoms with Crippen molar-refractivity contribution in [2.75, 3.05) is 14.2 Å². The zero-order valence-electron chi connectivity index (χ0n) is 14.0. The van der Waals surface area contributed by atoms with Gasteiger partial charge in [-0.15, -0.1) is 0 Å². The topological polar surface area (TPSA) is 41.6 Å². The molecule has 0 bridgehead atoms. The Hall–Kier alpha value is -1.71. The number of benzene rings is 1. The minimum Gasteiger partial charge on any atom is -0.496 e. The molecule has 1 aromatic rings. The van der Waals surface area contributed by atoms with Crippen molar-refractivity contribution >= 4 is 6.03 Å². The number of amides is 2. The average Bonchev–Trinajstić information content (AvgIpc) is 2.82. The third-order valence-electron chi connectivity index (χ3n) is 4.67. The standard InChI is InChI=1S/C18H28N2O2/c1-14(16-12-8-9-13-17(16)22-3)20(2)18(21)19-15-10-6-4-5-7-11-15/h8-9,12-15H,4-7,10-11H2,1-3H3,(H,19,21). The van der Waals surface area contributed by atoms with E-state index in [-0.39, 0.29) is 12.1 Å². The highest BCUT2D eigenvalue weighted by Gasteiger charge is 2.22. The molecule has 0 radical (unpaired) electrons. The zero-order chi connectivity index (χ0) is 15.9. The summed E-state index contributed by atoms with van der Waals surface area (Å²) in [5, 5.41) is 3.19. The van der Waals surface area contributed by atoms with Gasteiger partial charge >= 0.3 is 6.03 Å². The van der Waals surface area contributed by atoms with Crippen molar-refractivity contribution in [3.05, 3.63) is 29.8 Å². The number of carbonyl (C=O) groups excluding carboxylic acids is 1. The van der Waals surface area contributed by atoms with Gasteiger partial charge in [0.15, 0.2) is 0 Å². The van der Waals surface area contributed by atoms with E-state index in [1.165, 1.54) is 25.7 Å². The lowest BCUT2D eigenvalue weighted by atomic mass is 10.1. The molecule has 0 heterocycles. The van der Waals surface area contributed by atoms with Gasteiger partial charge in [-0.1, -0.05) is 43.9 Å². The molecule has 1 fully saturated rings. The molecule has 0 spiro atoms. The van der Waals surface area contributed by atoms with E-state index in [1.807, 2.05) is 38.2 Å². The molecular formula is C18H28N2O2. The molecule has 2 rings (SSSR count). The van der Waals surface area contributed by atoms with E-state index in [0.29, 0.717) is 6.04 Å². The number of ether oxygens (including phenoxy) is 1. The van der Waals surface area contributed by atoms with E-state index < -0.39 is 0 Å². The highest BCUT2D eigenvalue weighted by Crippen LogP contribution is 2.28. The molecular weight excluding hydrogens is 276 g/mol. The van der Waals surface area contributed by atoms with Gasteiger partial charge in [0.05, 0.1) is 13.2 Å². The summed E-state index contributed by atoms with van der Waals surface area (Å²) in [7, 11) is 3.51. The quantitative estimate of drug-likeness (QED) is 0.850. The Bertz CT molecular complexity index is 482. The molecule has 4 heteroatoms. The summed E-state index contributed by atoms with van der Waals surface area (Å²) in [6, 6.07) is 8.17. The number of nitrogens with one attached hydrogen (secondary N) is 1. The van der Waals surface area contributed by atoms with Crippen LogP contribution in [-0.2, 0) is 0 Å². The number of nitrogens with zero attached hydrogens (tertiary/aromatic N) is 1. The lowest BCUT2D eigenvalue weighted by molar-refractivity contribution is 0.188. The Kier molecular flexibility index (Phi) is 6.10. The van der Waals surface area contributed by atoms with Crippen molar-refractivity contribution in [3.8, 4) is 5.75 Å². The van der Waals surface area contributed by atoms with Crippen LogP contribution in [0, 0.1) is 0 Å². The third-order valence-corrected chi connectivity index (χ3v) is 4.67. The predicted molar refractivity (Wildman–Crippen MR) is 89.2 cm³/mol. The number of methoxy groups -OCH3 is 1. The van der Waals surface area contributed by atoms with E-state index >= 15 is 0 Å². The molecule has 22 heavy (non-hydrogen) atoms. The first-order chi connectivity index (χ1) is 10.6. The molecule has 1 saturated carbocycles. The van der Waals surface area contributed by atoms with Gasteiger partial charge in [-0.05, 0) is 25.8 Å². The molecule has 1 unspecified atom stereocenters. The SMILES string of the molecule is COc1ccccc1C(C)N(C)C(=O)NC1CCCCCC1. The van der Waals surface area contributed by atoms with E-state index in [9.17, 15) is 4.79 Å². The second kappa shape index (κ2) is 8.06. The highest BCUT2D eigenvalue weighted by molar-refractivity contribution is 5.74. The average molecular weight is 304 g/mol. The molecule has 122 valence electrons. The smallest absolute Gasteiger partial charge is 0.317 e. The summed E-state index contributed by atoms with van der Waals surface area (Å²) < 4.78 is 5.40. The Morgan fingerprint density at radius 1 is 1.23 bits per heavy atom. The summed E-state index contributed by atoms with van der Waals surface area (Å²) in [6.45, 7) is 2.03. The zero-order valence-corrected chi connectivity index (χ0v) is 14.0. The second-order valence-electron chi connectivity index (χ2n) is 6.17. The largest absolute Gasteiger partial charge is 0.496 e. The van der Waals surface area contributed by atoms with Gasteiger partial charge in [-0.25, -0.2) is 4.79 Å². The molecule has 0 aromatic heterocycles. The first kappa shape index (κ1) is 16.7. The minimum absolute atomic E-state index is 0.00491. The lowest BCUT2D eigenvalue weighted by Gasteiger charge is -2.29. The number of rotatable bonds is 4. The van der Waals surface area contributed by atoms with Crippen LogP contribution < -0.4 is 10.1 Å². The maximum Gasteiger partial charge on any atom is 0.317 e. The summed E-state index contributed by atoms with van der Waals surface area (Å²) in [5.74, 6) is 0.823. The molecule has 1 aliphatic carbocycles. The van der Waals surface area contributed by atoms with Crippen LogP contribution in [0.4, 0.5) is 4.79 Å². The Morgan fingerprint density at radius 3 is 2.50 bits per heavy atom. The maximum atomic E-state index is 12.5. The fraction of sp³-hybridized carbons (Fsp3) is 0.611. The van der Waals surface area contributed by atoms with Gasteiger partial charge < -0.3 is 15.0 Å². The van der Waals surface area contributed by atoms with Crippen LogP contribution >= 0.6 is 0 Å². The van der Waals surface area contributed by atoms with E-state index in [2.05, 4.69) is 5.32 Å². The van der Waals surface area contributed by atoms with E-state index in [0.717, 1.165) is 24.2 Å². The highest BCUT2D eigenvalue weighted by atomic mass is 16.5. The lowest BCUT2D eigenvalue weighted by Crippen LogP contribution is -2.43. The van der Waals surface area contributed by atoms with E-state index in [1.54, 1.807) is 12.0 Å². The fourth-order valence-corrected chi connectivity index (χ4v) is 3.10. The number of para-hydroxylation sites is 1. The van der Waals surface area contributed by atoms with Gasteiger partial charge in [0, 0.05) is 18.7 Å². The maximum absolute atomic E-state index is 12.5. The summed E-state index contributed by atoms with van der Waals surface area (Å²) >= 11 is 0. The molecule has 1 aromatic carbocycles. The van der Waals surface area contributed by atoms with Gasteiger partial charge in [0.2, 0.25) is 0 Å². The van der Waals surface area contributed by atoms with Crippen LogP contribution in [0.5, 0.6) is 5.75 Å². The molecule has 4 nitrogen and oxygen atoms in total. The van der Waals surface area contributed by atoms with Crippen molar-refractivity contribution in [2.45, 2.75) is 57.5 Å². The van der Waals surface area contributed by atoms with Crippen molar-refractivity contribution in [1.82, 2.24) is 10.2 Å². The predicted octanol–water partition coefficient (Wildman–Crippen LogP) is 4.12. The first-order valence-electron chi connectivity index (χ1n) is 8.29. The summed E-state index contributed by atoms with van der Waals surface area (Å²) in [5.41, 5.74) is 1.03. The van der Waals surface area contributed by atoms with Crippen molar-refractivity contribution in [1.29, 1.82) is 0 Å². The minimum atomic E-state index is -0.0260.